The Kier molecular flexibility index (Phi) is 6.10. The SMILES string of the molecule is CN(C)C(CNC(=O)CCc1ccsc1)c1cccc(F)c1. The van der Waals surface area contributed by atoms with Gasteiger partial charge in [0.2, 0.25) is 5.91 Å². The second-order valence-electron chi connectivity index (χ2n) is 5.47. The minimum absolute atomic E-state index is 0.0226. The van der Waals surface area contributed by atoms with Crippen LogP contribution in [0.2, 0.25) is 0 Å². The van der Waals surface area contributed by atoms with Gasteiger partial charge in [-0.1, -0.05) is 12.1 Å². The summed E-state index contributed by atoms with van der Waals surface area (Å²) in [6, 6.07) is 8.51. The van der Waals surface area contributed by atoms with Gasteiger partial charge < -0.3 is 10.2 Å². The number of nitrogens with zero attached hydrogens (tertiary/aromatic N) is 1. The minimum atomic E-state index is -0.256. The molecule has 0 bridgehead atoms. The number of likely N-dealkylation sites (N-methyl/N-ethyl adjacent to an activating group) is 1. The van der Waals surface area contributed by atoms with Crippen molar-refractivity contribution in [1.29, 1.82) is 0 Å². The smallest absolute Gasteiger partial charge is 0.220 e. The number of benzene rings is 1. The maximum absolute atomic E-state index is 13.4. The molecule has 1 heterocycles. The third-order valence-electron chi connectivity index (χ3n) is 3.57. The van der Waals surface area contributed by atoms with E-state index in [1.54, 1.807) is 17.4 Å². The quantitative estimate of drug-likeness (QED) is 0.849. The number of carbonyl (C=O) groups is 1. The zero-order valence-electron chi connectivity index (χ0n) is 12.9. The topological polar surface area (TPSA) is 32.3 Å². The van der Waals surface area contributed by atoms with Crippen LogP contribution in [-0.4, -0.2) is 31.4 Å². The third kappa shape index (κ3) is 4.93. The zero-order valence-corrected chi connectivity index (χ0v) is 13.7. The maximum atomic E-state index is 13.4. The van der Waals surface area contributed by atoms with Crippen LogP contribution in [0.3, 0.4) is 0 Å². The van der Waals surface area contributed by atoms with Gasteiger partial charge in [-0.3, -0.25) is 4.79 Å². The number of halogens is 1. The lowest BCUT2D eigenvalue weighted by Gasteiger charge is -2.25. The van der Waals surface area contributed by atoms with Gasteiger partial charge in [0.15, 0.2) is 0 Å². The number of nitrogens with one attached hydrogen (secondary N) is 1. The molecule has 0 aliphatic heterocycles. The summed E-state index contributed by atoms with van der Waals surface area (Å²) in [5.41, 5.74) is 2.05. The Morgan fingerprint density at radius 3 is 2.82 bits per heavy atom. The van der Waals surface area contributed by atoms with E-state index in [9.17, 15) is 9.18 Å². The molecule has 118 valence electrons. The van der Waals surface area contributed by atoms with Crippen molar-refractivity contribution in [2.75, 3.05) is 20.6 Å². The zero-order chi connectivity index (χ0) is 15.9. The molecule has 1 aromatic heterocycles. The van der Waals surface area contributed by atoms with Gasteiger partial charge in [-0.15, -0.1) is 0 Å². The second kappa shape index (κ2) is 8.06. The first-order valence-electron chi connectivity index (χ1n) is 7.26. The van der Waals surface area contributed by atoms with E-state index in [1.165, 1.54) is 17.7 Å². The summed E-state index contributed by atoms with van der Waals surface area (Å²) in [6.07, 6.45) is 1.22. The average Bonchev–Trinajstić information content (AvgIpc) is 2.98. The summed E-state index contributed by atoms with van der Waals surface area (Å²) in [4.78, 5) is 13.9. The Morgan fingerprint density at radius 2 is 2.18 bits per heavy atom. The number of aryl methyl sites for hydroxylation is 1. The summed E-state index contributed by atoms with van der Waals surface area (Å²) in [6.45, 7) is 0.471. The molecule has 2 aromatic rings. The Hall–Kier alpha value is -1.72. The monoisotopic (exact) mass is 320 g/mol. The molecule has 1 amide bonds. The van der Waals surface area contributed by atoms with E-state index < -0.39 is 0 Å². The van der Waals surface area contributed by atoms with E-state index in [4.69, 9.17) is 0 Å². The Labute approximate surface area is 134 Å². The molecular weight excluding hydrogens is 299 g/mol. The molecular formula is C17H21FN2OS. The molecule has 0 saturated heterocycles. The molecule has 0 spiro atoms. The number of carbonyl (C=O) groups excluding carboxylic acids is 1. The highest BCUT2D eigenvalue weighted by Crippen LogP contribution is 2.18. The summed E-state index contributed by atoms with van der Waals surface area (Å²) in [7, 11) is 3.85. The van der Waals surface area contributed by atoms with Crippen LogP contribution in [0, 0.1) is 5.82 Å². The first kappa shape index (κ1) is 16.6. The van der Waals surface area contributed by atoms with Crippen LogP contribution < -0.4 is 5.32 Å². The normalized spacial score (nSPS) is 12.4. The molecule has 0 fully saturated rings. The highest BCUT2D eigenvalue weighted by atomic mass is 32.1. The fourth-order valence-corrected chi connectivity index (χ4v) is 3.01. The number of rotatable bonds is 7. The van der Waals surface area contributed by atoms with Gasteiger partial charge >= 0.3 is 0 Å². The van der Waals surface area contributed by atoms with Gasteiger partial charge in [0.05, 0.1) is 6.04 Å². The van der Waals surface area contributed by atoms with Gasteiger partial charge in [0.25, 0.3) is 0 Å². The molecule has 1 aromatic carbocycles. The first-order chi connectivity index (χ1) is 10.6. The lowest BCUT2D eigenvalue weighted by Crippen LogP contribution is -2.34. The van der Waals surface area contributed by atoms with Gasteiger partial charge in [-0.05, 0) is 60.6 Å². The average molecular weight is 320 g/mol. The highest BCUT2D eigenvalue weighted by molar-refractivity contribution is 7.07. The van der Waals surface area contributed by atoms with Crippen molar-refractivity contribution >= 4 is 17.2 Å². The lowest BCUT2D eigenvalue weighted by molar-refractivity contribution is -0.121. The van der Waals surface area contributed by atoms with Crippen molar-refractivity contribution in [3.05, 3.63) is 58.0 Å². The number of thiophene rings is 1. The molecule has 0 radical (unpaired) electrons. The van der Waals surface area contributed by atoms with Crippen molar-refractivity contribution in [2.24, 2.45) is 0 Å². The number of hydrogen-bond donors (Lipinski definition) is 1. The van der Waals surface area contributed by atoms with Crippen LogP contribution in [0.15, 0.2) is 41.1 Å². The Bertz CT molecular complexity index is 598. The summed E-state index contributed by atoms with van der Waals surface area (Å²) in [5.74, 6) is -0.234. The number of hydrogen-bond acceptors (Lipinski definition) is 3. The van der Waals surface area contributed by atoms with Gasteiger partial charge in [0.1, 0.15) is 5.82 Å². The largest absolute Gasteiger partial charge is 0.354 e. The molecule has 1 unspecified atom stereocenters. The molecule has 0 aliphatic rings. The van der Waals surface area contributed by atoms with Gasteiger partial charge in [-0.2, -0.15) is 11.3 Å². The van der Waals surface area contributed by atoms with Crippen molar-refractivity contribution in [1.82, 2.24) is 10.2 Å². The molecule has 22 heavy (non-hydrogen) atoms. The van der Waals surface area contributed by atoms with E-state index in [-0.39, 0.29) is 17.8 Å². The van der Waals surface area contributed by atoms with Crippen molar-refractivity contribution in [3.8, 4) is 0 Å². The van der Waals surface area contributed by atoms with Crippen LogP contribution in [0.5, 0.6) is 0 Å². The Balaban J connectivity index is 1.87. The first-order valence-corrected chi connectivity index (χ1v) is 8.20. The molecule has 1 N–H and O–H groups in total. The molecule has 0 saturated carbocycles. The van der Waals surface area contributed by atoms with E-state index in [2.05, 4.69) is 10.7 Å². The molecule has 1 atom stereocenters. The van der Waals surface area contributed by atoms with Crippen LogP contribution in [0.1, 0.15) is 23.6 Å². The molecule has 0 aliphatic carbocycles. The van der Waals surface area contributed by atoms with E-state index in [1.807, 2.05) is 36.5 Å². The number of amides is 1. The minimum Gasteiger partial charge on any atom is -0.354 e. The predicted molar refractivity (Wildman–Crippen MR) is 88.5 cm³/mol. The molecule has 2 rings (SSSR count). The fraction of sp³-hybridized carbons (Fsp3) is 0.353. The van der Waals surface area contributed by atoms with Crippen LogP contribution in [0.25, 0.3) is 0 Å². The molecule has 5 heteroatoms. The van der Waals surface area contributed by atoms with Crippen molar-refractivity contribution < 1.29 is 9.18 Å². The van der Waals surface area contributed by atoms with Gasteiger partial charge in [-0.25, -0.2) is 4.39 Å². The highest BCUT2D eigenvalue weighted by Gasteiger charge is 2.15. The van der Waals surface area contributed by atoms with E-state index >= 15 is 0 Å². The van der Waals surface area contributed by atoms with Crippen molar-refractivity contribution in [2.45, 2.75) is 18.9 Å². The van der Waals surface area contributed by atoms with E-state index in [0.29, 0.717) is 13.0 Å². The third-order valence-corrected chi connectivity index (χ3v) is 4.30. The second-order valence-corrected chi connectivity index (χ2v) is 6.25. The van der Waals surface area contributed by atoms with Gasteiger partial charge in [0, 0.05) is 13.0 Å². The summed E-state index contributed by atoms with van der Waals surface area (Å²) in [5, 5.41) is 7.02. The van der Waals surface area contributed by atoms with Crippen LogP contribution >= 0.6 is 11.3 Å². The standard InChI is InChI=1S/C17H21FN2OS/c1-20(2)16(14-4-3-5-15(18)10-14)11-19-17(21)7-6-13-8-9-22-12-13/h3-5,8-10,12,16H,6-7,11H2,1-2H3,(H,19,21). The predicted octanol–water partition coefficient (Wildman–Crippen LogP) is 3.24. The summed E-state index contributed by atoms with van der Waals surface area (Å²) >= 11 is 1.64. The summed E-state index contributed by atoms with van der Waals surface area (Å²) < 4.78 is 13.4. The maximum Gasteiger partial charge on any atom is 0.220 e. The Morgan fingerprint density at radius 1 is 1.36 bits per heavy atom. The molecule has 3 nitrogen and oxygen atoms in total. The lowest BCUT2D eigenvalue weighted by atomic mass is 10.1. The van der Waals surface area contributed by atoms with E-state index in [0.717, 1.165) is 12.0 Å². The fourth-order valence-electron chi connectivity index (χ4n) is 2.30. The van der Waals surface area contributed by atoms with Crippen molar-refractivity contribution in [3.63, 3.8) is 0 Å². The van der Waals surface area contributed by atoms with Crippen LogP contribution in [0.4, 0.5) is 4.39 Å². The van der Waals surface area contributed by atoms with Crippen LogP contribution in [-0.2, 0) is 11.2 Å².